The minimum absolute atomic E-state index is 0.0184. The van der Waals surface area contributed by atoms with E-state index in [2.05, 4.69) is 49.6 Å². The third-order valence-corrected chi connectivity index (χ3v) is 9.23. The molecule has 1 atom stereocenters. The Hall–Kier alpha value is -4.58. The quantitative estimate of drug-likeness (QED) is 0.0605. The molecule has 0 spiro atoms. The largest absolute Gasteiger partial charge is 0.490 e. The minimum atomic E-state index is -0.685. The van der Waals surface area contributed by atoms with Crippen molar-refractivity contribution in [2.24, 2.45) is 11.8 Å². The number of hydrogen-bond acceptors (Lipinski definition) is 8. The van der Waals surface area contributed by atoms with Crippen LogP contribution >= 0.6 is 0 Å². The molecule has 0 aromatic heterocycles. The van der Waals surface area contributed by atoms with Crippen LogP contribution in [0.5, 0.6) is 11.5 Å². The Balaban J connectivity index is 1.37. The second-order valence-corrected chi connectivity index (χ2v) is 13.2. The van der Waals surface area contributed by atoms with Gasteiger partial charge in [-0.05, 0) is 97.5 Å². The highest BCUT2D eigenvalue weighted by Gasteiger charge is 2.22. The standard InChI is InChI=1S/C43H52O8/c1-4-5-6-7-33-10-16-36(17-11-33)37-18-12-34(13-19-37)8-9-35-14-20-38(21-15-35)39-26-40(48-22-24-50-42(46)31(2)29-44)28-41(27-39)49-23-25-51-43(47)32(3)30-45/h12-15,18-21,26-28,32-33,36,44-45H,2,4-7,10-11,16-17,22-25,29-30H2,1,3H3. The summed E-state index contributed by atoms with van der Waals surface area (Å²) in [7, 11) is 0. The van der Waals surface area contributed by atoms with Crippen molar-refractivity contribution in [2.45, 2.75) is 71.1 Å². The molecular weight excluding hydrogens is 644 g/mol. The molecule has 3 aromatic carbocycles. The first-order valence-corrected chi connectivity index (χ1v) is 18.2. The van der Waals surface area contributed by atoms with Gasteiger partial charge >= 0.3 is 11.9 Å². The van der Waals surface area contributed by atoms with Crippen molar-refractivity contribution >= 4 is 11.9 Å². The summed E-state index contributed by atoms with van der Waals surface area (Å²) in [6, 6.07) is 22.1. The van der Waals surface area contributed by atoms with Gasteiger partial charge in [0.1, 0.15) is 37.9 Å². The van der Waals surface area contributed by atoms with Crippen LogP contribution in [0.2, 0.25) is 0 Å². The Morgan fingerprint density at radius 2 is 1.37 bits per heavy atom. The molecule has 1 fully saturated rings. The number of carbonyl (C=O) groups is 2. The topological polar surface area (TPSA) is 112 Å². The molecule has 0 aliphatic heterocycles. The van der Waals surface area contributed by atoms with Crippen LogP contribution in [0.25, 0.3) is 11.1 Å². The predicted molar refractivity (Wildman–Crippen MR) is 199 cm³/mol. The molecule has 0 radical (unpaired) electrons. The molecule has 51 heavy (non-hydrogen) atoms. The van der Waals surface area contributed by atoms with Gasteiger partial charge in [-0.2, -0.15) is 0 Å². The number of esters is 2. The van der Waals surface area contributed by atoms with Crippen LogP contribution in [0.1, 0.15) is 87.8 Å². The summed E-state index contributed by atoms with van der Waals surface area (Å²) in [5.74, 6) is 7.34. The lowest BCUT2D eigenvalue weighted by molar-refractivity contribution is -0.149. The van der Waals surface area contributed by atoms with E-state index in [1.807, 2.05) is 36.4 Å². The second-order valence-electron chi connectivity index (χ2n) is 13.2. The number of carbonyl (C=O) groups excluding carboxylic acids is 2. The van der Waals surface area contributed by atoms with Crippen LogP contribution in [-0.4, -0.2) is 61.8 Å². The molecule has 0 saturated heterocycles. The van der Waals surface area contributed by atoms with E-state index in [-0.39, 0.29) is 38.6 Å². The molecule has 0 bridgehead atoms. The Bertz CT molecular complexity index is 1610. The van der Waals surface area contributed by atoms with Gasteiger partial charge in [0.2, 0.25) is 0 Å². The monoisotopic (exact) mass is 696 g/mol. The highest BCUT2D eigenvalue weighted by atomic mass is 16.6. The predicted octanol–water partition coefficient (Wildman–Crippen LogP) is 7.63. The van der Waals surface area contributed by atoms with Crippen molar-refractivity contribution < 1.29 is 38.7 Å². The van der Waals surface area contributed by atoms with E-state index in [4.69, 9.17) is 29.2 Å². The number of aliphatic hydroxyl groups excluding tert-OH is 2. The highest BCUT2D eigenvalue weighted by molar-refractivity contribution is 5.87. The molecule has 0 heterocycles. The average molecular weight is 697 g/mol. The SMILES string of the molecule is C=C(CO)C(=O)OCCOc1cc(OCCOC(=O)C(C)CO)cc(-c2ccc(C#Cc3ccc(C4CCC(CCCCC)CC4)cc3)cc2)c1. The van der Waals surface area contributed by atoms with Gasteiger partial charge < -0.3 is 29.2 Å². The molecule has 272 valence electrons. The van der Waals surface area contributed by atoms with Gasteiger partial charge in [0.25, 0.3) is 0 Å². The number of hydrogen-bond donors (Lipinski definition) is 2. The number of aliphatic hydroxyl groups is 2. The maximum atomic E-state index is 11.9. The van der Waals surface area contributed by atoms with E-state index < -0.39 is 24.5 Å². The summed E-state index contributed by atoms with van der Waals surface area (Å²) in [5, 5.41) is 18.2. The fourth-order valence-corrected chi connectivity index (χ4v) is 6.08. The van der Waals surface area contributed by atoms with Crippen LogP contribution in [0.4, 0.5) is 0 Å². The fraction of sp³-hybridized carbons (Fsp3) is 0.442. The smallest absolute Gasteiger partial charge is 0.335 e. The third-order valence-electron chi connectivity index (χ3n) is 9.23. The number of ether oxygens (including phenoxy) is 4. The Morgan fingerprint density at radius 1 is 0.784 bits per heavy atom. The second kappa shape index (κ2) is 20.9. The van der Waals surface area contributed by atoms with Gasteiger partial charge in [0, 0.05) is 17.2 Å². The van der Waals surface area contributed by atoms with Crippen LogP contribution in [0.15, 0.2) is 78.9 Å². The van der Waals surface area contributed by atoms with Crippen LogP contribution in [0, 0.1) is 23.7 Å². The number of unbranched alkanes of at least 4 members (excludes halogenated alkanes) is 2. The summed E-state index contributed by atoms with van der Waals surface area (Å²) in [6.07, 6.45) is 10.7. The maximum Gasteiger partial charge on any atom is 0.335 e. The lowest BCUT2D eigenvalue weighted by Gasteiger charge is -2.29. The van der Waals surface area contributed by atoms with E-state index in [1.165, 1.54) is 56.9 Å². The average Bonchev–Trinajstić information content (AvgIpc) is 3.17. The van der Waals surface area contributed by atoms with Crippen LogP contribution < -0.4 is 9.47 Å². The van der Waals surface area contributed by atoms with E-state index in [1.54, 1.807) is 13.0 Å². The zero-order valence-electron chi connectivity index (χ0n) is 30.0. The van der Waals surface area contributed by atoms with Gasteiger partial charge in [-0.1, -0.05) is 75.3 Å². The summed E-state index contributed by atoms with van der Waals surface area (Å²) in [5.41, 5.74) is 5.01. The first-order chi connectivity index (χ1) is 24.8. The Labute approximate surface area is 302 Å². The van der Waals surface area contributed by atoms with Crippen LogP contribution in [-0.2, 0) is 19.1 Å². The van der Waals surface area contributed by atoms with E-state index in [0.29, 0.717) is 17.4 Å². The maximum absolute atomic E-state index is 11.9. The third kappa shape index (κ3) is 12.9. The molecule has 0 amide bonds. The molecule has 1 saturated carbocycles. The van der Waals surface area contributed by atoms with Crippen molar-refractivity contribution in [2.75, 3.05) is 39.6 Å². The zero-order chi connectivity index (χ0) is 36.4. The molecule has 8 nitrogen and oxygen atoms in total. The fourth-order valence-electron chi connectivity index (χ4n) is 6.08. The van der Waals surface area contributed by atoms with Crippen molar-refractivity contribution in [3.05, 3.63) is 95.6 Å². The molecule has 1 aliphatic carbocycles. The molecule has 3 aromatic rings. The summed E-state index contributed by atoms with van der Waals surface area (Å²) < 4.78 is 22.0. The van der Waals surface area contributed by atoms with E-state index in [0.717, 1.165) is 28.2 Å². The van der Waals surface area contributed by atoms with Gasteiger partial charge in [-0.15, -0.1) is 0 Å². The van der Waals surface area contributed by atoms with Gasteiger partial charge in [0.15, 0.2) is 0 Å². The van der Waals surface area contributed by atoms with Crippen LogP contribution in [0.3, 0.4) is 0 Å². The van der Waals surface area contributed by atoms with Crippen molar-refractivity contribution in [3.8, 4) is 34.5 Å². The Kier molecular flexibility index (Phi) is 16.1. The normalized spacial score (nSPS) is 15.9. The molecule has 4 rings (SSSR count). The Morgan fingerprint density at radius 3 is 1.94 bits per heavy atom. The molecule has 1 unspecified atom stereocenters. The summed E-state index contributed by atoms with van der Waals surface area (Å²) in [6.45, 7) is 6.70. The molecule has 8 heteroatoms. The minimum Gasteiger partial charge on any atom is -0.490 e. The number of rotatable bonds is 18. The molecule has 2 N–H and O–H groups in total. The molecular formula is C43H52O8. The van der Waals surface area contributed by atoms with Gasteiger partial charge in [0.05, 0.1) is 24.7 Å². The molecule has 1 aliphatic rings. The van der Waals surface area contributed by atoms with Crippen molar-refractivity contribution in [1.82, 2.24) is 0 Å². The lowest BCUT2D eigenvalue weighted by atomic mass is 9.77. The zero-order valence-corrected chi connectivity index (χ0v) is 30.0. The number of benzene rings is 3. The van der Waals surface area contributed by atoms with Gasteiger partial charge in [-0.3, -0.25) is 4.79 Å². The summed E-state index contributed by atoms with van der Waals surface area (Å²) in [4.78, 5) is 23.7. The lowest BCUT2D eigenvalue weighted by Crippen LogP contribution is -2.20. The van der Waals surface area contributed by atoms with E-state index >= 15 is 0 Å². The first-order valence-electron chi connectivity index (χ1n) is 18.2. The summed E-state index contributed by atoms with van der Waals surface area (Å²) >= 11 is 0. The van der Waals surface area contributed by atoms with Gasteiger partial charge in [-0.25, -0.2) is 4.79 Å². The van der Waals surface area contributed by atoms with Crippen molar-refractivity contribution in [3.63, 3.8) is 0 Å². The first kappa shape index (κ1) is 39.2. The van der Waals surface area contributed by atoms with E-state index in [9.17, 15) is 9.59 Å². The highest BCUT2D eigenvalue weighted by Crippen LogP contribution is 2.38. The van der Waals surface area contributed by atoms with Crippen molar-refractivity contribution in [1.29, 1.82) is 0 Å².